The van der Waals surface area contributed by atoms with Crippen molar-refractivity contribution >= 4 is 11.8 Å². The lowest BCUT2D eigenvalue weighted by molar-refractivity contribution is -0.306. The molecule has 2 saturated heterocycles. The molecule has 0 radical (unpaired) electrons. The van der Waals surface area contributed by atoms with Crippen molar-refractivity contribution in [2.45, 2.75) is 30.8 Å². The van der Waals surface area contributed by atoms with Gasteiger partial charge in [0.1, 0.15) is 0 Å². The number of esters is 1. The summed E-state index contributed by atoms with van der Waals surface area (Å²) in [4.78, 5) is 24.3. The lowest BCUT2D eigenvalue weighted by Gasteiger charge is -2.43. The molecule has 2 fully saturated rings. The number of fused-ring (bicyclic) bond motifs is 2. The van der Waals surface area contributed by atoms with Crippen LogP contribution in [0.15, 0.2) is 25.3 Å². The van der Waals surface area contributed by atoms with Gasteiger partial charge in [-0.2, -0.15) is 0 Å². The first kappa shape index (κ1) is 13.0. The Balaban J connectivity index is 2.56. The molecule has 98 valence electrons. The Morgan fingerprint density at radius 1 is 1.50 bits per heavy atom. The van der Waals surface area contributed by atoms with Crippen LogP contribution in [0.5, 0.6) is 0 Å². The van der Waals surface area contributed by atoms with Gasteiger partial charge >= 0.3 is 5.97 Å². The fourth-order valence-corrected chi connectivity index (χ4v) is 2.71. The molecule has 2 aliphatic rings. The Morgan fingerprint density at radius 2 is 2.17 bits per heavy atom. The third kappa shape index (κ3) is 1.47. The fraction of sp³-hybridized carbons (Fsp3) is 0.538. The molecule has 2 bridgehead atoms. The molecule has 0 aromatic rings. The highest BCUT2D eigenvalue weighted by atomic mass is 16.7. The summed E-state index contributed by atoms with van der Waals surface area (Å²) in [5.74, 6) is -2.79. The van der Waals surface area contributed by atoms with Gasteiger partial charge in [-0.1, -0.05) is 12.2 Å². The van der Waals surface area contributed by atoms with Gasteiger partial charge in [0.2, 0.25) is 5.60 Å². The van der Waals surface area contributed by atoms with Crippen LogP contribution >= 0.6 is 0 Å². The minimum absolute atomic E-state index is 0.0107. The van der Waals surface area contributed by atoms with E-state index in [-0.39, 0.29) is 12.2 Å². The average molecular weight is 252 g/mol. The van der Waals surface area contributed by atoms with E-state index in [9.17, 15) is 9.59 Å². The zero-order valence-corrected chi connectivity index (χ0v) is 10.5. The van der Waals surface area contributed by atoms with Crippen molar-refractivity contribution < 1.29 is 23.8 Å². The summed E-state index contributed by atoms with van der Waals surface area (Å²) < 4.78 is 16.0. The Bertz CT molecular complexity index is 429. The van der Waals surface area contributed by atoms with Crippen LogP contribution < -0.4 is 0 Å². The smallest absolute Gasteiger partial charge is 0.346 e. The number of carbonyl (C=O) groups is 2. The van der Waals surface area contributed by atoms with Gasteiger partial charge in [0.25, 0.3) is 0 Å². The molecule has 4 unspecified atom stereocenters. The van der Waals surface area contributed by atoms with Crippen molar-refractivity contribution in [3.05, 3.63) is 25.3 Å². The van der Waals surface area contributed by atoms with Crippen molar-refractivity contribution in [3.63, 3.8) is 0 Å². The normalized spacial score (nSPS) is 42.4. The molecule has 18 heavy (non-hydrogen) atoms. The van der Waals surface area contributed by atoms with Crippen LogP contribution in [-0.2, 0) is 23.8 Å². The summed E-state index contributed by atoms with van der Waals surface area (Å²) >= 11 is 0. The van der Waals surface area contributed by atoms with Crippen molar-refractivity contribution in [1.82, 2.24) is 0 Å². The number of Topliss-reactive ketones (excluding diaryl/α,β-unsaturated/α-hetero) is 1. The fourth-order valence-electron chi connectivity index (χ4n) is 2.71. The van der Waals surface area contributed by atoms with Gasteiger partial charge in [0.15, 0.2) is 11.6 Å². The Hall–Kier alpha value is -1.46. The third-order valence-electron chi connectivity index (χ3n) is 3.46. The van der Waals surface area contributed by atoms with Gasteiger partial charge in [-0.25, -0.2) is 4.79 Å². The Morgan fingerprint density at radius 3 is 2.67 bits per heavy atom. The molecule has 2 aliphatic heterocycles. The number of methoxy groups -OCH3 is 1. The molecule has 2 rings (SSSR count). The first-order valence-corrected chi connectivity index (χ1v) is 5.68. The van der Waals surface area contributed by atoms with Crippen LogP contribution in [0, 0.1) is 5.92 Å². The van der Waals surface area contributed by atoms with E-state index < -0.39 is 29.4 Å². The predicted octanol–water partition coefficient (Wildman–Crippen LogP) is 0.991. The molecule has 0 N–H and O–H groups in total. The van der Waals surface area contributed by atoms with E-state index in [1.807, 2.05) is 0 Å². The van der Waals surface area contributed by atoms with Crippen molar-refractivity contribution in [2.75, 3.05) is 7.11 Å². The Labute approximate surface area is 105 Å². The van der Waals surface area contributed by atoms with Crippen molar-refractivity contribution in [3.8, 4) is 0 Å². The van der Waals surface area contributed by atoms with Gasteiger partial charge in [-0.05, 0) is 6.92 Å². The molecule has 0 spiro atoms. The van der Waals surface area contributed by atoms with Gasteiger partial charge in [0, 0.05) is 0 Å². The molecule has 5 heteroatoms. The van der Waals surface area contributed by atoms with Crippen LogP contribution in [0.4, 0.5) is 0 Å². The SMILES string of the molecule is C=CC1OC2(C)CC(=O)C(C(=O)OC)(O2)C1C=C. The van der Waals surface area contributed by atoms with Crippen molar-refractivity contribution in [2.24, 2.45) is 5.92 Å². The number of ketones is 1. The van der Waals surface area contributed by atoms with Crippen LogP contribution in [0.3, 0.4) is 0 Å². The van der Waals surface area contributed by atoms with E-state index in [1.165, 1.54) is 13.2 Å². The Kier molecular flexibility index (Phi) is 2.91. The highest BCUT2D eigenvalue weighted by Gasteiger charge is 2.68. The van der Waals surface area contributed by atoms with Crippen LogP contribution in [-0.4, -0.2) is 36.4 Å². The lowest BCUT2D eigenvalue weighted by atomic mass is 9.80. The summed E-state index contributed by atoms with van der Waals surface area (Å²) in [5.41, 5.74) is -1.65. The van der Waals surface area contributed by atoms with E-state index >= 15 is 0 Å². The summed E-state index contributed by atoms with van der Waals surface area (Å²) in [6.07, 6.45) is 2.53. The second-order valence-electron chi connectivity index (χ2n) is 4.64. The maximum Gasteiger partial charge on any atom is 0.346 e. The van der Waals surface area contributed by atoms with Gasteiger partial charge < -0.3 is 14.2 Å². The number of ether oxygens (including phenoxy) is 3. The molecule has 0 aromatic carbocycles. The second kappa shape index (κ2) is 4.03. The zero-order chi connectivity index (χ0) is 13.6. The number of hydrogen-bond donors (Lipinski definition) is 0. The zero-order valence-electron chi connectivity index (χ0n) is 10.5. The van der Waals surface area contributed by atoms with Gasteiger partial charge in [0.05, 0.1) is 25.6 Å². The van der Waals surface area contributed by atoms with E-state index in [0.717, 1.165) is 0 Å². The summed E-state index contributed by atoms with van der Waals surface area (Å²) in [6.45, 7) is 8.94. The molecule has 5 nitrogen and oxygen atoms in total. The highest BCUT2D eigenvalue weighted by Crippen LogP contribution is 2.49. The molecule has 0 amide bonds. The van der Waals surface area contributed by atoms with Crippen LogP contribution in [0.25, 0.3) is 0 Å². The predicted molar refractivity (Wildman–Crippen MR) is 62.6 cm³/mol. The topological polar surface area (TPSA) is 61.8 Å². The standard InChI is InChI=1S/C13H16O5/c1-5-8-9(6-2)17-12(3)7-10(14)13(8,18-12)11(15)16-4/h5-6,8-9H,1-2,7H2,3-4H3. The first-order chi connectivity index (χ1) is 8.43. The maximum atomic E-state index is 12.2. The van der Waals surface area contributed by atoms with E-state index in [2.05, 4.69) is 13.2 Å². The maximum absolute atomic E-state index is 12.2. The quantitative estimate of drug-likeness (QED) is 0.426. The molecule has 0 aromatic heterocycles. The van der Waals surface area contributed by atoms with Crippen LogP contribution in [0.1, 0.15) is 13.3 Å². The second-order valence-corrected chi connectivity index (χ2v) is 4.64. The minimum atomic E-state index is -1.65. The molecular formula is C13H16O5. The largest absolute Gasteiger partial charge is 0.467 e. The number of hydrogen-bond acceptors (Lipinski definition) is 5. The molecular weight excluding hydrogens is 236 g/mol. The average Bonchev–Trinajstić information content (AvgIpc) is 2.56. The van der Waals surface area contributed by atoms with Crippen LogP contribution in [0.2, 0.25) is 0 Å². The van der Waals surface area contributed by atoms with Crippen molar-refractivity contribution in [1.29, 1.82) is 0 Å². The summed E-state index contributed by atoms with van der Waals surface area (Å²) in [6, 6.07) is 0. The number of rotatable bonds is 3. The van der Waals surface area contributed by atoms with E-state index in [1.54, 1.807) is 13.0 Å². The molecule has 4 atom stereocenters. The molecule has 0 saturated carbocycles. The van der Waals surface area contributed by atoms with Gasteiger partial charge in [-0.15, -0.1) is 13.2 Å². The lowest BCUT2D eigenvalue weighted by Crippen LogP contribution is -2.59. The molecule has 0 aliphatic carbocycles. The van der Waals surface area contributed by atoms with E-state index in [0.29, 0.717) is 0 Å². The third-order valence-corrected chi connectivity index (χ3v) is 3.46. The first-order valence-electron chi connectivity index (χ1n) is 5.68. The van der Waals surface area contributed by atoms with E-state index in [4.69, 9.17) is 14.2 Å². The minimum Gasteiger partial charge on any atom is -0.467 e. The number of carbonyl (C=O) groups excluding carboxylic acids is 2. The highest BCUT2D eigenvalue weighted by molar-refractivity contribution is 6.10. The summed E-state index contributed by atoms with van der Waals surface area (Å²) in [5, 5.41) is 0. The monoisotopic (exact) mass is 252 g/mol. The molecule has 2 heterocycles. The summed E-state index contributed by atoms with van der Waals surface area (Å²) in [7, 11) is 1.22. The van der Waals surface area contributed by atoms with Gasteiger partial charge in [-0.3, -0.25) is 4.79 Å².